The van der Waals surface area contributed by atoms with Gasteiger partial charge in [0, 0.05) is 18.0 Å². The van der Waals surface area contributed by atoms with E-state index in [2.05, 4.69) is 23.8 Å². The number of hydrogen-bond acceptors (Lipinski definition) is 3. The van der Waals surface area contributed by atoms with E-state index in [4.69, 9.17) is 16.3 Å². The molecule has 0 spiro atoms. The number of nitrogens with zero attached hydrogens (tertiary/aromatic N) is 2. The van der Waals surface area contributed by atoms with Gasteiger partial charge in [-0.25, -0.2) is 4.98 Å². The van der Waals surface area contributed by atoms with E-state index in [1.165, 1.54) is 0 Å². The first-order valence-electron chi connectivity index (χ1n) is 6.30. The molecule has 0 saturated heterocycles. The van der Waals surface area contributed by atoms with E-state index in [1.807, 2.05) is 19.1 Å². The molecule has 19 heavy (non-hydrogen) atoms. The van der Waals surface area contributed by atoms with Crippen LogP contribution in [0.1, 0.15) is 25.2 Å². The molecule has 4 heteroatoms. The van der Waals surface area contributed by atoms with E-state index in [9.17, 15) is 0 Å². The number of rotatable bonds is 4. The highest BCUT2D eigenvalue weighted by Crippen LogP contribution is 2.27. The van der Waals surface area contributed by atoms with Gasteiger partial charge in [0.05, 0.1) is 5.69 Å². The lowest BCUT2D eigenvalue weighted by Gasteiger charge is -2.12. The topological polar surface area (TPSA) is 35.0 Å². The van der Waals surface area contributed by atoms with Crippen LogP contribution < -0.4 is 4.74 Å². The van der Waals surface area contributed by atoms with Crippen molar-refractivity contribution in [2.45, 2.75) is 27.2 Å². The molecule has 2 heterocycles. The molecule has 0 fully saturated rings. The summed E-state index contributed by atoms with van der Waals surface area (Å²) < 4.78 is 5.86. The van der Waals surface area contributed by atoms with Crippen molar-refractivity contribution in [3.05, 3.63) is 47.0 Å². The van der Waals surface area contributed by atoms with Gasteiger partial charge in [0.2, 0.25) is 0 Å². The fourth-order valence-corrected chi connectivity index (χ4v) is 1.96. The maximum atomic E-state index is 5.86. The monoisotopic (exact) mass is 276 g/mol. The van der Waals surface area contributed by atoms with Crippen molar-refractivity contribution in [2.75, 3.05) is 0 Å². The largest absolute Gasteiger partial charge is 0.455 e. The Balaban J connectivity index is 2.28. The van der Waals surface area contributed by atoms with Gasteiger partial charge in [-0.05, 0) is 37.5 Å². The first kappa shape index (κ1) is 13.8. The highest BCUT2D eigenvalue weighted by atomic mass is 35.5. The lowest BCUT2D eigenvalue weighted by molar-refractivity contribution is 0.464. The summed E-state index contributed by atoms with van der Waals surface area (Å²) in [4.78, 5) is 8.49. The van der Waals surface area contributed by atoms with Crippen molar-refractivity contribution in [3.8, 4) is 11.5 Å². The predicted octanol–water partition coefficient (Wildman–Crippen LogP) is 4.43. The molecule has 2 aromatic rings. The van der Waals surface area contributed by atoms with Crippen LogP contribution in [0.3, 0.4) is 0 Å². The highest BCUT2D eigenvalue weighted by molar-refractivity contribution is 6.29. The number of pyridine rings is 2. The number of aromatic nitrogens is 2. The summed E-state index contributed by atoms with van der Waals surface area (Å²) in [6, 6.07) is 7.38. The van der Waals surface area contributed by atoms with Crippen LogP contribution in [0.4, 0.5) is 0 Å². The van der Waals surface area contributed by atoms with Gasteiger partial charge in [0.1, 0.15) is 16.7 Å². The van der Waals surface area contributed by atoms with Crippen LogP contribution in [-0.4, -0.2) is 9.97 Å². The fraction of sp³-hybridized carbons (Fsp3) is 0.333. The molecule has 0 amide bonds. The Hall–Kier alpha value is -1.61. The number of hydrogen-bond donors (Lipinski definition) is 0. The Morgan fingerprint density at radius 1 is 1.26 bits per heavy atom. The van der Waals surface area contributed by atoms with Gasteiger partial charge in [0.15, 0.2) is 0 Å². The maximum absolute atomic E-state index is 5.86. The summed E-state index contributed by atoms with van der Waals surface area (Å²) in [5.41, 5.74) is 1.97. The second kappa shape index (κ2) is 6.02. The van der Waals surface area contributed by atoms with Gasteiger partial charge in [-0.1, -0.05) is 25.4 Å². The molecule has 2 aromatic heterocycles. The molecule has 0 bridgehead atoms. The Morgan fingerprint density at radius 3 is 2.74 bits per heavy atom. The van der Waals surface area contributed by atoms with E-state index >= 15 is 0 Å². The van der Waals surface area contributed by atoms with Crippen LogP contribution in [0.15, 0.2) is 30.5 Å². The first-order chi connectivity index (χ1) is 9.04. The van der Waals surface area contributed by atoms with Gasteiger partial charge in [-0.3, -0.25) is 4.98 Å². The van der Waals surface area contributed by atoms with Crippen molar-refractivity contribution < 1.29 is 4.74 Å². The van der Waals surface area contributed by atoms with Crippen LogP contribution in [0.25, 0.3) is 0 Å². The average Bonchev–Trinajstić information content (AvgIpc) is 2.32. The van der Waals surface area contributed by atoms with Crippen LogP contribution in [-0.2, 0) is 6.42 Å². The summed E-state index contributed by atoms with van der Waals surface area (Å²) in [5.74, 6) is 1.98. The number of halogens is 1. The molecule has 0 radical (unpaired) electrons. The van der Waals surface area contributed by atoms with E-state index in [0.717, 1.165) is 23.6 Å². The molecule has 0 aliphatic heterocycles. The molecule has 0 aromatic carbocycles. The first-order valence-corrected chi connectivity index (χ1v) is 6.68. The quantitative estimate of drug-likeness (QED) is 0.775. The minimum atomic E-state index is 0.419. The molecule has 0 aliphatic carbocycles. The van der Waals surface area contributed by atoms with Gasteiger partial charge < -0.3 is 4.74 Å². The fourth-order valence-electron chi connectivity index (χ4n) is 1.80. The van der Waals surface area contributed by atoms with E-state index in [1.54, 1.807) is 18.3 Å². The third-order valence-corrected chi connectivity index (χ3v) is 2.81. The van der Waals surface area contributed by atoms with E-state index in [0.29, 0.717) is 16.8 Å². The summed E-state index contributed by atoms with van der Waals surface area (Å²) in [6.07, 6.45) is 2.51. The SMILES string of the molecule is Cc1ccc(Oc2ccnc(Cl)c2)c(CC(C)C)n1. The zero-order valence-corrected chi connectivity index (χ0v) is 12.1. The predicted molar refractivity (Wildman–Crippen MR) is 76.8 cm³/mol. The van der Waals surface area contributed by atoms with E-state index in [-0.39, 0.29) is 0 Å². The normalized spacial score (nSPS) is 10.8. The Bertz CT molecular complexity index is 570. The van der Waals surface area contributed by atoms with Gasteiger partial charge in [-0.2, -0.15) is 0 Å². The van der Waals surface area contributed by atoms with E-state index < -0.39 is 0 Å². The van der Waals surface area contributed by atoms with Crippen LogP contribution in [0.5, 0.6) is 11.5 Å². The second-order valence-electron chi connectivity index (χ2n) is 4.91. The molecular formula is C15H17ClN2O. The highest BCUT2D eigenvalue weighted by Gasteiger charge is 2.09. The smallest absolute Gasteiger partial charge is 0.148 e. The van der Waals surface area contributed by atoms with Crippen molar-refractivity contribution in [1.29, 1.82) is 0 Å². The zero-order chi connectivity index (χ0) is 13.8. The van der Waals surface area contributed by atoms with Gasteiger partial charge in [0.25, 0.3) is 0 Å². The molecule has 100 valence electrons. The average molecular weight is 277 g/mol. The molecule has 0 saturated carbocycles. The number of ether oxygens (including phenoxy) is 1. The minimum Gasteiger partial charge on any atom is -0.455 e. The van der Waals surface area contributed by atoms with Crippen molar-refractivity contribution >= 4 is 11.6 Å². The molecule has 0 unspecified atom stereocenters. The van der Waals surface area contributed by atoms with Crippen LogP contribution >= 0.6 is 11.6 Å². The Labute approximate surface area is 118 Å². The third-order valence-electron chi connectivity index (χ3n) is 2.60. The summed E-state index contributed by atoms with van der Waals surface area (Å²) in [5, 5.41) is 0.419. The zero-order valence-electron chi connectivity index (χ0n) is 11.4. The standard InChI is InChI=1S/C15H17ClN2O/c1-10(2)8-13-14(5-4-11(3)18-13)19-12-6-7-17-15(16)9-12/h4-7,9-10H,8H2,1-3H3. The van der Waals surface area contributed by atoms with Crippen molar-refractivity contribution in [1.82, 2.24) is 9.97 Å². The molecule has 0 atom stereocenters. The second-order valence-corrected chi connectivity index (χ2v) is 5.30. The molecule has 2 rings (SSSR count). The molecule has 0 aliphatic rings. The van der Waals surface area contributed by atoms with Crippen molar-refractivity contribution in [2.24, 2.45) is 5.92 Å². The molecular weight excluding hydrogens is 260 g/mol. The summed E-state index contributed by atoms with van der Waals surface area (Å²) in [7, 11) is 0. The maximum Gasteiger partial charge on any atom is 0.148 e. The van der Waals surface area contributed by atoms with Gasteiger partial charge >= 0.3 is 0 Å². The van der Waals surface area contributed by atoms with Crippen molar-refractivity contribution in [3.63, 3.8) is 0 Å². The van der Waals surface area contributed by atoms with Crippen LogP contribution in [0, 0.1) is 12.8 Å². The lowest BCUT2D eigenvalue weighted by atomic mass is 10.1. The Kier molecular flexibility index (Phi) is 4.38. The summed E-state index contributed by atoms with van der Waals surface area (Å²) in [6.45, 7) is 6.31. The lowest BCUT2D eigenvalue weighted by Crippen LogP contribution is -2.01. The molecule has 0 N–H and O–H groups in total. The molecule has 3 nitrogen and oxygen atoms in total. The minimum absolute atomic E-state index is 0.419. The number of aryl methyl sites for hydroxylation is 1. The van der Waals surface area contributed by atoms with Crippen LogP contribution in [0.2, 0.25) is 5.15 Å². The third kappa shape index (κ3) is 3.93. The summed E-state index contributed by atoms with van der Waals surface area (Å²) >= 11 is 5.85. The van der Waals surface area contributed by atoms with Gasteiger partial charge in [-0.15, -0.1) is 0 Å². The Morgan fingerprint density at radius 2 is 2.05 bits per heavy atom.